The lowest BCUT2D eigenvalue weighted by atomic mass is 9.82. The van der Waals surface area contributed by atoms with Crippen LogP contribution in [0.5, 0.6) is 0 Å². The number of nitrogens with zero attached hydrogens (tertiary/aromatic N) is 3. The Balaban J connectivity index is 1.63. The molecule has 2 fully saturated rings. The molecule has 2 aromatic heterocycles. The van der Waals surface area contributed by atoms with Gasteiger partial charge < -0.3 is 9.72 Å². The third kappa shape index (κ3) is 2.56. The van der Waals surface area contributed by atoms with E-state index in [0.29, 0.717) is 11.4 Å². The predicted molar refractivity (Wildman–Crippen MR) is 82.9 cm³/mol. The van der Waals surface area contributed by atoms with Crippen molar-refractivity contribution in [1.82, 2.24) is 19.7 Å². The zero-order valence-electron chi connectivity index (χ0n) is 12.8. The number of rotatable bonds is 4. The van der Waals surface area contributed by atoms with E-state index >= 15 is 0 Å². The molecule has 6 heteroatoms. The molecular weight excluding hydrogens is 280 g/mol. The van der Waals surface area contributed by atoms with Gasteiger partial charge in [0.25, 0.3) is 5.56 Å². The zero-order chi connectivity index (χ0) is 14.9. The van der Waals surface area contributed by atoms with Crippen LogP contribution in [-0.2, 0) is 11.2 Å². The predicted octanol–water partition coefficient (Wildman–Crippen LogP) is 2.20. The smallest absolute Gasteiger partial charge is 0.262 e. The summed E-state index contributed by atoms with van der Waals surface area (Å²) in [6.45, 7) is 1.51. The Hall–Kier alpha value is -1.69. The quantitative estimate of drug-likeness (QED) is 0.939. The van der Waals surface area contributed by atoms with Gasteiger partial charge in [-0.1, -0.05) is 19.3 Å². The molecule has 118 valence electrons. The van der Waals surface area contributed by atoms with Crippen molar-refractivity contribution in [2.75, 3.05) is 13.2 Å². The van der Waals surface area contributed by atoms with Crippen LogP contribution in [0.25, 0.3) is 11.0 Å². The van der Waals surface area contributed by atoms with Crippen LogP contribution >= 0.6 is 0 Å². The third-order valence-corrected chi connectivity index (χ3v) is 5.06. The molecule has 1 aliphatic carbocycles. The summed E-state index contributed by atoms with van der Waals surface area (Å²) in [5.41, 5.74) is 0.672. The summed E-state index contributed by atoms with van der Waals surface area (Å²) in [4.78, 5) is 19.9. The molecule has 1 saturated heterocycles. The molecule has 0 unspecified atom stereocenters. The monoisotopic (exact) mass is 302 g/mol. The summed E-state index contributed by atoms with van der Waals surface area (Å²) in [6, 6.07) is 0.292. The lowest BCUT2D eigenvalue weighted by molar-refractivity contribution is 0.0673. The van der Waals surface area contributed by atoms with Crippen molar-refractivity contribution in [1.29, 1.82) is 0 Å². The van der Waals surface area contributed by atoms with Crippen molar-refractivity contribution < 1.29 is 4.74 Å². The molecule has 0 atom stereocenters. The highest BCUT2D eigenvalue weighted by atomic mass is 16.5. The Bertz CT molecular complexity index is 710. The van der Waals surface area contributed by atoms with Crippen molar-refractivity contribution in [2.24, 2.45) is 5.92 Å². The van der Waals surface area contributed by atoms with E-state index in [1.807, 2.05) is 4.68 Å². The minimum atomic E-state index is -0.0630. The number of nitrogens with one attached hydrogen (secondary N) is 1. The second kappa shape index (κ2) is 5.83. The first kappa shape index (κ1) is 13.9. The van der Waals surface area contributed by atoms with Gasteiger partial charge in [-0.3, -0.25) is 4.79 Å². The Morgan fingerprint density at radius 1 is 1.27 bits per heavy atom. The first-order valence-corrected chi connectivity index (χ1v) is 8.35. The van der Waals surface area contributed by atoms with Crippen LogP contribution < -0.4 is 5.56 Å². The van der Waals surface area contributed by atoms with Crippen LogP contribution in [0.15, 0.2) is 11.0 Å². The fourth-order valence-electron chi connectivity index (χ4n) is 3.42. The maximum Gasteiger partial charge on any atom is 0.262 e. The fraction of sp³-hybridized carbons (Fsp3) is 0.688. The molecule has 0 spiro atoms. The van der Waals surface area contributed by atoms with Gasteiger partial charge in [0.05, 0.1) is 12.2 Å². The van der Waals surface area contributed by atoms with Crippen LogP contribution in [0.3, 0.4) is 0 Å². The number of fused-ring (bicyclic) bond motifs is 1. The van der Waals surface area contributed by atoms with Gasteiger partial charge >= 0.3 is 0 Å². The molecule has 1 saturated carbocycles. The van der Waals surface area contributed by atoms with Crippen molar-refractivity contribution in [3.63, 3.8) is 0 Å². The van der Waals surface area contributed by atoms with E-state index in [1.54, 1.807) is 6.20 Å². The number of aromatic amines is 1. The minimum Gasteiger partial charge on any atom is -0.381 e. The molecule has 1 aliphatic heterocycles. The summed E-state index contributed by atoms with van der Waals surface area (Å²) in [6.07, 6.45) is 9.50. The molecule has 1 N–H and O–H groups in total. The zero-order valence-corrected chi connectivity index (χ0v) is 12.8. The number of aromatic nitrogens is 4. The van der Waals surface area contributed by atoms with E-state index in [-0.39, 0.29) is 5.56 Å². The maximum atomic E-state index is 12.3. The number of aryl methyl sites for hydroxylation is 1. The summed E-state index contributed by atoms with van der Waals surface area (Å²) < 4.78 is 7.34. The van der Waals surface area contributed by atoms with E-state index in [2.05, 4.69) is 10.1 Å². The lowest BCUT2D eigenvalue weighted by Crippen LogP contribution is -2.22. The Morgan fingerprint density at radius 2 is 2.09 bits per heavy atom. The summed E-state index contributed by atoms with van der Waals surface area (Å²) in [5.74, 6) is 1.62. The summed E-state index contributed by atoms with van der Waals surface area (Å²) in [7, 11) is 0. The molecule has 6 nitrogen and oxygen atoms in total. The Morgan fingerprint density at radius 3 is 2.82 bits per heavy atom. The molecule has 2 aliphatic rings. The first-order valence-electron chi connectivity index (χ1n) is 8.35. The molecule has 0 aromatic carbocycles. The summed E-state index contributed by atoms with van der Waals surface area (Å²) in [5, 5.41) is 5.02. The molecule has 0 radical (unpaired) electrons. The highest BCUT2D eigenvalue weighted by molar-refractivity contribution is 5.73. The van der Waals surface area contributed by atoms with Crippen LogP contribution in [0.4, 0.5) is 0 Å². The van der Waals surface area contributed by atoms with Crippen molar-refractivity contribution in [2.45, 2.75) is 51.0 Å². The Labute approximate surface area is 128 Å². The normalized spacial score (nSPS) is 20.4. The first-order chi connectivity index (χ1) is 10.8. The standard InChI is InChI=1S/C16H22N4O2/c21-16-13-10-17-20(12-6-8-22-9-7-12)15(13)18-14(19-16)5-4-11-2-1-3-11/h10-12H,1-9H2,(H,18,19,21). The van der Waals surface area contributed by atoms with Crippen molar-refractivity contribution >= 4 is 11.0 Å². The molecular formula is C16H22N4O2. The molecule has 2 aromatic rings. The fourth-order valence-corrected chi connectivity index (χ4v) is 3.42. The van der Waals surface area contributed by atoms with E-state index in [9.17, 15) is 4.79 Å². The largest absolute Gasteiger partial charge is 0.381 e. The second-order valence-electron chi connectivity index (χ2n) is 6.52. The molecule has 0 amide bonds. The van der Waals surface area contributed by atoms with Crippen molar-refractivity contribution in [3.8, 4) is 0 Å². The highest BCUT2D eigenvalue weighted by Crippen LogP contribution is 2.30. The average molecular weight is 302 g/mol. The van der Waals surface area contributed by atoms with Gasteiger partial charge in [-0.2, -0.15) is 5.10 Å². The molecule has 4 rings (SSSR count). The van der Waals surface area contributed by atoms with E-state index in [1.165, 1.54) is 19.3 Å². The molecule has 22 heavy (non-hydrogen) atoms. The van der Waals surface area contributed by atoms with Crippen LogP contribution in [0.2, 0.25) is 0 Å². The maximum absolute atomic E-state index is 12.3. The number of ether oxygens (including phenoxy) is 1. The molecule has 0 bridgehead atoms. The van der Waals surface area contributed by atoms with Crippen LogP contribution in [-0.4, -0.2) is 33.0 Å². The van der Waals surface area contributed by atoms with Gasteiger partial charge in [0.2, 0.25) is 0 Å². The van der Waals surface area contributed by atoms with Crippen LogP contribution in [0, 0.1) is 5.92 Å². The third-order valence-electron chi connectivity index (χ3n) is 5.06. The van der Waals surface area contributed by atoms with E-state index < -0.39 is 0 Å². The van der Waals surface area contributed by atoms with E-state index in [4.69, 9.17) is 9.72 Å². The minimum absolute atomic E-state index is 0.0630. The topological polar surface area (TPSA) is 72.8 Å². The lowest BCUT2D eigenvalue weighted by Gasteiger charge is -2.25. The average Bonchev–Trinajstić information content (AvgIpc) is 2.91. The van der Waals surface area contributed by atoms with Gasteiger partial charge in [-0.25, -0.2) is 9.67 Å². The number of hydrogen-bond donors (Lipinski definition) is 1. The second-order valence-corrected chi connectivity index (χ2v) is 6.52. The molecule has 3 heterocycles. The summed E-state index contributed by atoms with van der Waals surface area (Å²) >= 11 is 0. The van der Waals surface area contributed by atoms with Gasteiger partial charge in [-0.15, -0.1) is 0 Å². The SMILES string of the molecule is O=c1[nH]c(CCC2CCC2)nc2c1cnn2C1CCOCC1. The van der Waals surface area contributed by atoms with E-state index in [0.717, 1.165) is 56.3 Å². The number of H-pyrrole nitrogens is 1. The number of hydrogen-bond acceptors (Lipinski definition) is 4. The van der Waals surface area contributed by atoms with Gasteiger partial charge in [0, 0.05) is 19.6 Å². The van der Waals surface area contributed by atoms with Gasteiger partial charge in [0.1, 0.15) is 11.2 Å². The highest BCUT2D eigenvalue weighted by Gasteiger charge is 2.21. The van der Waals surface area contributed by atoms with Crippen LogP contribution in [0.1, 0.15) is 50.4 Å². The van der Waals surface area contributed by atoms with Gasteiger partial charge in [-0.05, 0) is 25.2 Å². The Kier molecular flexibility index (Phi) is 3.70. The van der Waals surface area contributed by atoms with Gasteiger partial charge in [0.15, 0.2) is 5.65 Å². The van der Waals surface area contributed by atoms with Crippen molar-refractivity contribution in [3.05, 3.63) is 22.4 Å².